The van der Waals surface area contributed by atoms with Gasteiger partial charge >= 0.3 is 0 Å². The molecule has 20 heavy (non-hydrogen) atoms. The van der Waals surface area contributed by atoms with Gasteiger partial charge in [0.1, 0.15) is 0 Å². The standard InChI is InChI=1S/C14H29N3O2S/c1-2-7-16-12-10-13-5-3-6-14(11-12)17(13)8-4-9-20(15,18)19/h12-14,16H,2-11H2,1H3,(H2,15,18,19). The maximum atomic E-state index is 11.0. The Kier molecular flexibility index (Phi) is 5.84. The minimum absolute atomic E-state index is 0.112. The molecular weight excluding hydrogens is 274 g/mol. The first-order chi connectivity index (χ1) is 9.49. The molecule has 0 radical (unpaired) electrons. The second-order valence-corrected chi connectivity index (χ2v) is 8.05. The van der Waals surface area contributed by atoms with Crippen molar-refractivity contribution >= 4 is 10.0 Å². The van der Waals surface area contributed by atoms with Crippen LogP contribution in [0.3, 0.4) is 0 Å². The number of hydrogen-bond donors (Lipinski definition) is 2. The third-order valence-corrected chi connectivity index (χ3v) is 5.51. The first-order valence-electron chi connectivity index (χ1n) is 7.99. The number of nitrogens with zero attached hydrogens (tertiary/aromatic N) is 1. The third-order valence-electron chi connectivity index (χ3n) is 4.65. The first kappa shape index (κ1) is 16.2. The van der Waals surface area contributed by atoms with Crippen molar-refractivity contribution in [2.24, 2.45) is 5.14 Å². The number of fused-ring (bicyclic) bond motifs is 2. The monoisotopic (exact) mass is 303 g/mol. The minimum atomic E-state index is -3.31. The number of rotatable bonds is 7. The van der Waals surface area contributed by atoms with Gasteiger partial charge in [-0.15, -0.1) is 0 Å². The number of piperidine rings is 2. The molecule has 2 atom stereocenters. The molecule has 0 aromatic rings. The second-order valence-electron chi connectivity index (χ2n) is 6.32. The highest BCUT2D eigenvalue weighted by Crippen LogP contribution is 2.34. The van der Waals surface area contributed by atoms with E-state index in [2.05, 4.69) is 17.1 Å². The molecule has 2 fully saturated rings. The normalized spacial score (nSPS) is 31.4. The van der Waals surface area contributed by atoms with E-state index in [1.54, 1.807) is 0 Å². The van der Waals surface area contributed by atoms with Gasteiger partial charge in [-0.05, 0) is 51.6 Å². The molecule has 0 aromatic carbocycles. The molecule has 0 saturated carbocycles. The summed E-state index contributed by atoms with van der Waals surface area (Å²) in [5, 5.41) is 8.75. The van der Waals surface area contributed by atoms with Crippen molar-refractivity contribution in [3.8, 4) is 0 Å². The molecular formula is C14H29N3O2S. The zero-order valence-electron chi connectivity index (χ0n) is 12.6. The van der Waals surface area contributed by atoms with Crippen molar-refractivity contribution in [1.82, 2.24) is 10.2 Å². The fourth-order valence-corrected chi connectivity index (χ4v) is 4.34. The van der Waals surface area contributed by atoms with Gasteiger partial charge in [-0.3, -0.25) is 4.90 Å². The van der Waals surface area contributed by atoms with Gasteiger partial charge in [-0.2, -0.15) is 0 Å². The van der Waals surface area contributed by atoms with Crippen molar-refractivity contribution in [2.45, 2.75) is 70.0 Å². The van der Waals surface area contributed by atoms with Crippen LogP contribution in [0, 0.1) is 0 Å². The van der Waals surface area contributed by atoms with Crippen LogP contribution in [0.2, 0.25) is 0 Å². The van der Waals surface area contributed by atoms with Crippen LogP contribution in [-0.4, -0.2) is 50.3 Å². The highest BCUT2D eigenvalue weighted by atomic mass is 32.2. The van der Waals surface area contributed by atoms with Crippen molar-refractivity contribution in [3.63, 3.8) is 0 Å². The summed E-state index contributed by atoms with van der Waals surface area (Å²) in [5.41, 5.74) is 0. The lowest BCUT2D eigenvalue weighted by Gasteiger charge is -2.49. The van der Waals surface area contributed by atoms with Crippen LogP contribution in [0.4, 0.5) is 0 Å². The molecule has 0 aliphatic carbocycles. The molecule has 2 aliphatic rings. The molecule has 2 unspecified atom stereocenters. The van der Waals surface area contributed by atoms with E-state index in [1.165, 1.54) is 38.5 Å². The minimum Gasteiger partial charge on any atom is -0.314 e. The van der Waals surface area contributed by atoms with E-state index in [1.807, 2.05) is 0 Å². The van der Waals surface area contributed by atoms with E-state index in [4.69, 9.17) is 5.14 Å². The molecule has 2 saturated heterocycles. The lowest BCUT2D eigenvalue weighted by Crippen LogP contribution is -2.56. The molecule has 2 bridgehead atoms. The lowest BCUT2D eigenvalue weighted by molar-refractivity contribution is 0.0250. The molecule has 2 aliphatic heterocycles. The van der Waals surface area contributed by atoms with Gasteiger partial charge in [0.25, 0.3) is 0 Å². The maximum Gasteiger partial charge on any atom is 0.209 e. The van der Waals surface area contributed by atoms with Crippen LogP contribution in [0.1, 0.15) is 51.9 Å². The molecule has 6 heteroatoms. The van der Waals surface area contributed by atoms with Gasteiger partial charge in [0.2, 0.25) is 10.0 Å². The average Bonchev–Trinajstić information content (AvgIpc) is 2.35. The highest BCUT2D eigenvalue weighted by molar-refractivity contribution is 7.89. The highest BCUT2D eigenvalue weighted by Gasteiger charge is 2.37. The zero-order chi connectivity index (χ0) is 14.6. The van der Waals surface area contributed by atoms with E-state index in [-0.39, 0.29) is 5.75 Å². The molecule has 0 aromatic heterocycles. The molecule has 3 N–H and O–H groups in total. The Hall–Kier alpha value is -0.170. The summed E-state index contributed by atoms with van der Waals surface area (Å²) in [5.74, 6) is 0.112. The van der Waals surface area contributed by atoms with Crippen molar-refractivity contribution in [2.75, 3.05) is 18.8 Å². The quantitative estimate of drug-likeness (QED) is 0.737. The van der Waals surface area contributed by atoms with Gasteiger partial charge in [0.05, 0.1) is 5.75 Å². The fraction of sp³-hybridized carbons (Fsp3) is 1.00. The third kappa shape index (κ3) is 4.69. The Bertz CT molecular complexity index is 385. The second kappa shape index (κ2) is 7.20. The fourth-order valence-electron chi connectivity index (χ4n) is 3.81. The zero-order valence-corrected chi connectivity index (χ0v) is 13.4. The Balaban J connectivity index is 1.85. The van der Waals surface area contributed by atoms with Gasteiger partial charge in [0, 0.05) is 18.1 Å². The number of nitrogens with two attached hydrogens (primary N) is 1. The summed E-state index contributed by atoms with van der Waals surface area (Å²) in [6.45, 7) is 4.19. The molecule has 0 spiro atoms. The van der Waals surface area contributed by atoms with E-state index in [9.17, 15) is 8.42 Å². The Morgan fingerprint density at radius 1 is 1.25 bits per heavy atom. The van der Waals surface area contributed by atoms with Crippen molar-refractivity contribution in [1.29, 1.82) is 0 Å². The summed E-state index contributed by atoms with van der Waals surface area (Å²) in [6.07, 6.45) is 8.12. The van der Waals surface area contributed by atoms with E-state index in [0.29, 0.717) is 24.5 Å². The molecule has 5 nitrogen and oxygen atoms in total. The molecule has 0 amide bonds. The Morgan fingerprint density at radius 3 is 2.45 bits per heavy atom. The Labute approximate surface area is 123 Å². The van der Waals surface area contributed by atoms with Gasteiger partial charge in [-0.25, -0.2) is 13.6 Å². The molecule has 2 rings (SSSR count). The number of hydrogen-bond acceptors (Lipinski definition) is 4. The topological polar surface area (TPSA) is 75.4 Å². The molecule has 118 valence electrons. The van der Waals surface area contributed by atoms with Gasteiger partial charge in [-0.1, -0.05) is 13.3 Å². The number of nitrogens with one attached hydrogen (secondary N) is 1. The van der Waals surface area contributed by atoms with Crippen molar-refractivity contribution in [3.05, 3.63) is 0 Å². The lowest BCUT2D eigenvalue weighted by atomic mass is 9.81. The molecule has 2 heterocycles. The van der Waals surface area contributed by atoms with Gasteiger partial charge in [0.15, 0.2) is 0 Å². The van der Waals surface area contributed by atoms with Crippen LogP contribution in [0.25, 0.3) is 0 Å². The summed E-state index contributed by atoms with van der Waals surface area (Å²) >= 11 is 0. The summed E-state index contributed by atoms with van der Waals surface area (Å²) in [4.78, 5) is 2.55. The summed E-state index contributed by atoms with van der Waals surface area (Å²) in [6, 6.07) is 1.93. The summed E-state index contributed by atoms with van der Waals surface area (Å²) in [7, 11) is -3.31. The first-order valence-corrected chi connectivity index (χ1v) is 9.70. The van der Waals surface area contributed by atoms with Crippen LogP contribution >= 0.6 is 0 Å². The average molecular weight is 303 g/mol. The van der Waals surface area contributed by atoms with Crippen molar-refractivity contribution < 1.29 is 8.42 Å². The predicted molar refractivity (Wildman–Crippen MR) is 82.0 cm³/mol. The van der Waals surface area contributed by atoms with E-state index in [0.717, 1.165) is 13.1 Å². The number of sulfonamides is 1. The van der Waals surface area contributed by atoms with Crippen LogP contribution in [0.15, 0.2) is 0 Å². The maximum absolute atomic E-state index is 11.0. The van der Waals surface area contributed by atoms with Crippen LogP contribution in [-0.2, 0) is 10.0 Å². The number of primary sulfonamides is 1. The smallest absolute Gasteiger partial charge is 0.209 e. The predicted octanol–water partition coefficient (Wildman–Crippen LogP) is 1.05. The van der Waals surface area contributed by atoms with E-state index < -0.39 is 10.0 Å². The van der Waals surface area contributed by atoms with Crippen LogP contribution < -0.4 is 10.5 Å². The Morgan fingerprint density at radius 2 is 1.90 bits per heavy atom. The summed E-state index contributed by atoms with van der Waals surface area (Å²) < 4.78 is 22.1. The van der Waals surface area contributed by atoms with E-state index >= 15 is 0 Å². The van der Waals surface area contributed by atoms with Gasteiger partial charge < -0.3 is 5.32 Å². The largest absolute Gasteiger partial charge is 0.314 e. The van der Waals surface area contributed by atoms with Crippen LogP contribution in [0.5, 0.6) is 0 Å². The SMILES string of the molecule is CCCNC1CC2CCCC(C1)N2CCCS(N)(=O)=O.